The third-order valence-corrected chi connectivity index (χ3v) is 4.28. The van der Waals surface area contributed by atoms with E-state index in [9.17, 15) is 20.4 Å². The van der Waals surface area contributed by atoms with E-state index in [1.54, 1.807) is 6.92 Å². The molecule has 1 fully saturated rings. The van der Waals surface area contributed by atoms with E-state index in [1.807, 2.05) is 0 Å². The van der Waals surface area contributed by atoms with Gasteiger partial charge < -0.3 is 29.9 Å². The van der Waals surface area contributed by atoms with E-state index in [0.29, 0.717) is 0 Å². The van der Waals surface area contributed by atoms with Crippen molar-refractivity contribution in [1.82, 2.24) is 0 Å². The van der Waals surface area contributed by atoms with Gasteiger partial charge in [-0.2, -0.15) is 0 Å². The fourth-order valence-electron chi connectivity index (χ4n) is 2.55. The molecular formula is C21H25ClO6. The number of ether oxygens (including phenoxy) is 2. The lowest BCUT2D eigenvalue weighted by Crippen LogP contribution is -2.55. The first-order valence-corrected chi connectivity index (χ1v) is 8.71. The first-order chi connectivity index (χ1) is 16.8. The van der Waals surface area contributed by atoms with Crippen LogP contribution in [0.5, 0.6) is 5.75 Å². The topological polar surface area (TPSA) is 99.4 Å². The minimum absolute atomic E-state index is 0.000137. The van der Waals surface area contributed by atoms with Crippen LogP contribution in [0, 0.1) is 0 Å². The van der Waals surface area contributed by atoms with E-state index in [-0.39, 0.29) is 34.9 Å². The van der Waals surface area contributed by atoms with Crippen molar-refractivity contribution in [1.29, 1.82) is 0 Å². The molecule has 2 aromatic rings. The zero-order chi connectivity index (χ0) is 28.4. The van der Waals surface area contributed by atoms with Crippen molar-refractivity contribution < 1.29 is 42.2 Å². The molecule has 3 rings (SSSR count). The maximum absolute atomic E-state index is 10.7. The molecule has 6 nitrogen and oxygen atoms in total. The van der Waals surface area contributed by atoms with Crippen LogP contribution in [-0.2, 0) is 11.2 Å². The van der Waals surface area contributed by atoms with Crippen LogP contribution in [0.25, 0.3) is 0 Å². The van der Waals surface area contributed by atoms with Crippen molar-refractivity contribution >= 4 is 11.6 Å². The Morgan fingerprint density at radius 3 is 2.50 bits per heavy atom. The first-order valence-electron chi connectivity index (χ1n) is 12.8. The van der Waals surface area contributed by atoms with Gasteiger partial charge in [-0.3, -0.25) is 0 Å². The van der Waals surface area contributed by atoms with E-state index in [2.05, 4.69) is 0 Å². The molecule has 0 aliphatic carbocycles. The van der Waals surface area contributed by atoms with Crippen molar-refractivity contribution in [2.24, 2.45) is 0 Å². The summed E-state index contributed by atoms with van der Waals surface area (Å²) in [5.74, 6) is -0.241. The summed E-state index contributed by atoms with van der Waals surface area (Å²) in [5, 5.41) is 41.1. The molecule has 28 heavy (non-hydrogen) atoms. The van der Waals surface area contributed by atoms with Crippen molar-refractivity contribution in [3.8, 4) is 5.75 Å². The molecule has 4 N–H and O–H groups in total. The van der Waals surface area contributed by atoms with E-state index < -0.39 is 66.7 Å². The van der Waals surface area contributed by atoms with Crippen LogP contribution in [0.4, 0.5) is 0 Å². The number of hydrogen-bond acceptors (Lipinski definition) is 6. The fourth-order valence-corrected chi connectivity index (χ4v) is 2.73. The number of halogens is 1. The first kappa shape index (κ1) is 12.1. The number of benzene rings is 2. The highest BCUT2D eigenvalue weighted by molar-refractivity contribution is 6.31. The summed E-state index contributed by atoms with van der Waals surface area (Å²) < 4.78 is 83.8. The Morgan fingerprint density at radius 2 is 1.86 bits per heavy atom. The van der Waals surface area contributed by atoms with Crippen LogP contribution >= 0.6 is 11.6 Å². The molecule has 0 radical (unpaired) electrons. The highest BCUT2D eigenvalue weighted by Gasteiger charge is 2.43. The minimum Gasteiger partial charge on any atom is -0.494 e. The maximum atomic E-state index is 10.7. The zero-order valence-electron chi connectivity index (χ0n) is 23.8. The molecule has 1 aliphatic rings. The third-order valence-electron chi connectivity index (χ3n) is 3.91. The Kier molecular flexibility index (Phi) is 3.99. The van der Waals surface area contributed by atoms with Crippen LogP contribution in [0.2, 0.25) is 5.02 Å². The summed E-state index contributed by atoms with van der Waals surface area (Å²) in [6.45, 7) is 0.220. The Hall–Kier alpha value is -1.67. The van der Waals surface area contributed by atoms with Crippen molar-refractivity contribution in [3.05, 3.63) is 64.1 Å². The van der Waals surface area contributed by atoms with E-state index in [4.69, 9.17) is 33.4 Å². The summed E-state index contributed by atoms with van der Waals surface area (Å²) in [4.78, 5) is 0. The van der Waals surface area contributed by atoms with Crippen LogP contribution < -0.4 is 4.74 Å². The van der Waals surface area contributed by atoms with Gasteiger partial charge in [0.05, 0.1) is 25.6 Å². The van der Waals surface area contributed by atoms with Crippen molar-refractivity contribution in [3.63, 3.8) is 0 Å². The Labute approximate surface area is 181 Å². The molecule has 152 valence electrons. The molecule has 1 aliphatic heterocycles. The van der Waals surface area contributed by atoms with Gasteiger partial charge in [0.2, 0.25) is 0 Å². The zero-order valence-corrected chi connectivity index (χ0v) is 15.6. The standard InChI is InChI=1S/C21H25ClO6/c1-2-27-15-6-3-12(4-7-15)9-14-10-13(5-8-16(14)22)21-20(26)19(25)18(24)17(11-23)28-21/h3-8,10,17-21,23-26H,2,9,11H2,1H3/t17-,18-,19+,20-,21+/m1/s1/i3D,4D,6D,7D,17D,18D,19D,20D,21D. The van der Waals surface area contributed by atoms with Gasteiger partial charge in [0.25, 0.3) is 0 Å². The second kappa shape index (κ2) is 9.22. The second-order valence-electron chi connectivity index (χ2n) is 5.78. The van der Waals surface area contributed by atoms with E-state index in [0.717, 1.165) is 12.1 Å². The normalized spacial score (nSPS) is 45.3. The number of rotatable bonds is 6. The largest absolute Gasteiger partial charge is 0.494 e. The van der Waals surface area contributed by atoms with Gasteiger partial charge in [-0.15, -0.1) is 0 Å². The lowest BCUT2D eigenvalue weighted by molar-refractivity contribution is -0.231. The summed E-state index contributed by atoms with van der Waals surface area (Å²) >= 11 is 6.27. The molecule has 7 heteroatoms. The summed E-state index contributed by atoms with van der Waals surface area (Å²) in [6.07, 6.45) is -18.4. The van der Waals surface area contributed by atoms with Gasteiger partial charge in [0, 0.05) is 5.02 Å². The SMILES string of the molecule is [2H]c1c([2H])c(OCC)c([2H])c([2H])c1Cc1cc([C@]2([2H])O[C@]([2H])(CO)[C@@]([2H])(O)[C@]([2H])(O)[C@@]2([2H])O)ccc1Cl. The predicted molar refractivity (Wildman–Crippen MR) is 105 cm³/mol. The van der Waals surface area contributed by atoms with Crippen LogP contribution in [0.3, 0.4) is 0 Å². The molecule has 0 bridgehead atoms. The van der Waals surface area contributed by atoms with Gasteiger partial charge >= 0.3 is 0 Å². The highest BCUT2D eigenvalue weighted by atomic mass is 35.5. The van der Waals surface area contributed by atoms with Gasteiger partial charge in [0.15, 0.2) is 0 Å². The van der Waals surface area contributed by atoms with E-state index >= 15 is 0 Å². The maximum Gasteiger partial charge on any atom is 0.119 e. The quantitative estimate of drug-likeness (QED) is 0.572. The Balaban J connectivity index is 2.18. The van der Waals surface area contributed by atoms with Gasteiger partial charge in [0.1, 0.15) is 36.1 Å². The lowest BCUT2D eigenvalue weighted by atomic mass is 9.90. The number of aliphatic hydroxyl groups is 4. The van der Waals surface area contributed by atoms with Crippen molar-refractivity contribution in [2.75, 3.05) is 13.2 Å². The molecule has 0 spiro atoms. The Morgan fingerprint density at radius 1 is 1.14 bits per heavy atom. The highest BCUT2D eigenvalue weighted by Crippen LogP contribution is 2.34. The second-order valence-corrected chi connectivity index (χ2v) is 6.19. The molecule has 1 saturated heterocycles. The van der Waals surface area contributed by atoms with Gasteiger partial charge in [-0.25, -0.2) is 0 Å². The molecule has 0 aromatic heterocycles. The minimum atomic E-state index is -3.94. The molecule has 1 heterocycles. The third kappa shape index (κ3) is 4.49. The Bertz CT molecular complexity index is 1200. The molecule has 0 saturated carbocycles. The van der Waals surface area contributed by atoms with Crippen LogP contribution in [-0.4, -0.2) is 58.0 Å². The number of aliphatic hydroxyl groups excluding tert-OH is 1. The summed E-state index contributed by atoms with van der Waals surface area (Å²) in [6, 6.07) is 1.55. The van der Waals surface area contributed by atoms with Crippen molar-refractivity contribution in [2.45, 2.75) is 43.7 Å². The lowest BCUT2D eigenvalue weighted by Gasteiger charge is -2.40. The average Bonchev–Trinajstić information content (AvgIpc) is 2.82. The monoisotopic (exact) mass is 417 g/mol. The summed E-state index contributed by atoms with van der Waals surface area (Å²) in [5.41, 5.74) is -0.545. The van der Waals surface area contributed by atoms with Crippen LogP contribution in [0.15, 0.2) is 42.4 Å². The molecular weight excluding hydrogens is 384 g/mol. The van der Waals surface area contributed by atoms with E-state index in [1.165, 1.54) is 6.07 Å². The summed E-state index contributed by atoms with van der Waals surface area (Å²) in [7, 11) is 0. The van der Waals surface area contributed by atoms with Gasteiger partial charge in [-0.05, 0) is 48.2 Å². The average molecular weight is 418 g/mol. The molecule has 2 aromatic carbocycles. The molecule has 0 unspecified atom stereocenters. The van der Waals surface area contributed by atoms with Gasteiger partial charge in [-0.1, -0.05) is 35.8 Å². The predicted octanol–water partition coefficient (Wildman–Crippen LogP) is 1.84. The fraction of sp³-hybridized carbons (Fsp3) is 0.429. The van der Waals surface area contributed by atoms with Crippen LogP contribution in [0.1, 0.15) is 42.0 Å². The smallest absolute Gasteiger partial charge is 0.119 e. The molecule has 5 atom stereocenters. The number of hydrogen-bond donors (Lipinski definition) is 4. The molecule has 0 amide bonds.